The Morgan fingerprint density at radius 2 is 1.52 bits per heavy atom. The monoisotopic (exact) mass is 333 g/mol. The molecular formula is C14H23NO4S2. The van der Waals surface area contributed by atoms with Gasteiger partial charge in [0.05, 0.1) is 9.64 Å². The zero-order valence-corrected chi connectivity index (χ0v) is 14.7. The molecule has 0 aliphatic heterocycles. The third-order valence-electron chi connectivity index (χ3n) is 3.65. The largest absolute Gasteiger partial charge is 0.309 e. The maximum Gasteiger partial charge on any atom is 0.175 e. The highest BCUT2D eigenvalue weighted by atomic mass is 32.2. The standard InChI is InChI=1S/C14H23NO4S2/c1-11(15-10-14(2,3)21(5,18)19)12-6-8-13(9-7-12)20(4,16)17/h6-9,11,15H,10H2,1-5H3. The SMILES string of the molecule is CC(NCC(C)(C)S(C)(=O)=O)c1ccc(S(C)(=O)=O)cc1. The van der Waals surface area contributed by atoms with Gasteiger partial charge in [0.15, 0.2) is 19.7 Å². The topological polar surface area (TPSA) is 80.3 Å². The fraction of sp³-hybridized carbons (Fsp3) is 0.571. The van der Waals surface area contributed by atoms with Gasteiger partial charge >= 0.3 is 0 Å². The molecule has 5 nitrogen and oxygen atoms in total. The summed E-state index contributed by atoms with van der Waals surface area (Å²) < 4.78 is 45.2. The van der Waals surface area contributed by atoms with Gasteiger partial charge in [-0.05, 0) is 38.5 Å². The molecule has 0 saturated carbocycles. The average molecular weight is 333 g/mol. The van der Waals surface area contributed by atoms with Crippen molar-refractivity contribution in [2.24, 2.45) is 0 Å². The van der Waals surface area contributed by atoms with E-state index in [1.54, 1.807) is 38.1 Å². The Balaban J connectivity index is 2.80. The lowest BCUT2D eigenvalue weighted by Gasteiger charge is -2.25. The molecule has 1 aromatic rings. The van der Waals surface area contributed by atoms with Gasteiger partial charge in [-0.1, -0.05) is 12.1 Å². The Morgan fingerprint density at radius 3 is 1.90 bits per heavy atom. The van der Waals surface area contributed by atoms with Gasteiger partial charge in [0, 0.05) is 25.1 Å². The number of benzene rings is 1. The fourth-order valence-electron chi connectivity index (χ4n) is 1.65. The van der Waals surface area contributed by atoms with Gasteiger partial charge in [-0.25, -0.2) is 16.8 Å². The molecule has 1 unspecified atom stereocenters. The van der Waals surface area contributed by atoms with E-state index < -0.39 is 24.4 Å². The molecule has 0 radical (unpaired) electrons. The van der Waals surface area contributed by atoms with Crippen LogP contribution in [0.15, 0.2) is 29.2 Å². The molecule has 0 bridgehead atoms. The van der Waals surface area contributed by atoms with Gasteiger partial charge in [-0.2, -0.15) is 0 Å². The van der Waals surface area contributed by atoms with E-state index in [9.17, 15) is 16.8 Å². The van der Waals surface area contributed by atoms with Crippen LogP contribution in [0.1, 0.15) is 32.4 Å². The number of rotatable bonds is 6. The van der Waals surface area contributed by atoms with Crippen LogP contribution in [0, 0.1) is 0 Å². The molecule has 0 fully saturated rings. The van der Waals surface area contributed by atoms with Gasteiger partial charge in [-0.3, -0.25) is 0 Å². The molecule has 0 amide bonds. The highest BCUT2D eigenvalue weighted by Crippen LogP contribution is 2.19. The number of hydrogen-bond donors (Lipinski definition) is 1. The van der Waals surface area contributed by atoms with E-state index in [4.69, 9.17) is 0 Å². The summed E-state index contributed by atoms with van der Waals surface area (Å²) in [7, 11) is -6.35. The first-order valence-electron chi connectivity index (χ1n) is 6.57. The van der Waals surface area contributed by atoms with E-state index in [0.29, 0.717) is 6.54 Å². The lowest BCUT2D eigenvalue weighted by atomic mass is 10.1. The Morgan fingerprint density at radius 1 is 1.05 bits per heavy atom. The first-order valence-corrected chi connectivity index (χ1v) is 10.4. The normalized spacial score (nSPS) is 14.9. The highest BCUT2D eigenvalue weighted by Gasteiger charge is 2.30. The van der Waals surface area contributed by atoms with E-state index in [2.05, 4.69) is 5.32 Å². The van der Waals surface area contributed by atoms with Crippen molar-refractivity contribution in [2.75, 3.05) is 19.1 Å². The second-order valence-electron chi connectivity index (χ2n) is 5.98. The molecule has 0 aliphatic rings. The number of sulfone groups is 2. The van der Waals surface area contributed by atoms with Crippen LogP contribution < -0.4 is 5.32 Å². The van der Waals surface area contributed by atoms with Gasteiger partial charge in [0.1, 0.15) is 0 Å². The molecule has 0 aliphatic carbocycles. The summed E-state index contributed by atoms with van der Waals surface area (Å²) in [5.74, 6) is 0. The van der Waals surface area contributed by atoms with Gasteiger partial charge in [0.25, 0.3) is 0 Å². The van der Waals surface area contributed by atoms with Gasteiger partial charge in [0.2, 0.25) is 0 Å². The number of hydrogen-bond acceptors (Lipinski definition) is 5. The zero-order chi connectivity index (χ0) is 16.5. The lowest BCUT2D eigenvalue weighted by Crippen LogP contribution is -2.42. The highest BCUT2D eigenvalue weighted by molar-refractivity contribution is 7.92. The van der Waals surface area contributed by atoms with Crippen molar-refractivity contribution < 1.29 is 16.8 Å². The molecule has 0 spiro atoms. The van der Waals surface area contributed by atoms with Gasteiger partial charge in [-0.15, -0.1) is 0 Å². The first-order chi connectivity index (χ1) is 9.34. The summed E-state index contributed by atoms with van der Waals surface area (Å²) in [6.45, 7) is 5.58. The van der Waals surface area contributed by atoms with Crippen LogP contribution in [0.2, 0.25) is 0 Å². The summed E-state index contributed by atoms with van der Waals surface area (Å²) >= 11 is 0. The number of nitrogens with one attached hydrogen (secondary N) is 1. The Bertz CT molecular complexity index is 689. The van der Waals surface area contributed by atoms with E-state index in [-0.39, 0.29) is 10.9 Å². The molecule has 0 heterocycles. The van der Waals surface area contributed by atoms with Crippen LogP contribution >= 0.6 is 0 Å². The van der Waals surface area contributed by atoms with Crippen molar-refractivity contribution in [2.45, 2.75) is 36.5 Å². The quantitative estimate of drug-likeness (QED) is 0.854. The van der Waals surface area contributed by atoms with Crippen LogP contribution in [0.5, 0.6) is 0 Å². The Kier molecular flexibility index (Phi) is 5.23. The zero-order valence-electron chi connectivity index (χ0n) is 13.0. The van der Waals surface area contributed by atoms with Crippen LogP contribution in [0.25, 0.3) is 0 Å². The molecule has 1 aromatic carbocycles. The van der Waals surface area contributed by atoms with E-state index in [0.717, 1.165) is 11.8 Å². The maximum absolute atomic E-state index is 11.7. The minimum absolute atomic E-state index is 0.0698. The Labute approximate surface area is 127 Å². The van der Waals surface area contributed by atoms with Crippen molar-refractivity contribution in [1.29, 1.82) is 0 Å². The van der Waals surface area contributed by atoms with Crippen molar-refractivity contribution >= 4 is 19.7 Å². The second-order valence-corrected chi connectivity index (χ2v) is 10.6. The Hall–Kier alpha value is -0.920. The first kappa shape index (κ1) is 18.1. The molecule has 0 aromatic heterocycles. The minimum Gasteiger partial charge on any atom is -0.309 e. The van der Waals surface area contributed by atoms with Crippen molar-refractivity contribution in [1.82, 2.24) is 5.32 Å². The summed E-state index contributed by atoms with van der Waals surface area (Å²) in [5.41, 5.74) is 0.909. The van der Waals surface area contributed by atoms with Crippen LogP contribution in [0.3, 0.4) is 0 Å². The third kappa shape index (κ3) is 4.79. The summed E-state index contributed by atoms with van der Waals surface area (Å²) in [6, 6.07) is 6.53. The lowest BCUT2D eigenvalue weighted by molar-refractivity contribution is 0.488. The van der Waals surface area contributed by atoms with Crippen LogP contribution in [-0.2, 0) is 19.7 Å². The third-order valence-corrected chi connectivity index (χ3v) is 6.93. The molecule has 1 rings (SSSR count). The van der Waals surface area contributed by atoms with Crippen molar-refractivity contribution in [3.8, 4) is 0 Å². The van der Waals surface area contributed by atoms with Crippen molar-refractivity contribution in [3.63, 3.8) is 0 Å². The van der Waals surface area contributed by atoms with E-state index in [1.807, 2.05) is 6.92 Å². The molecule has 120 valence electrons. The predicted molar refractivity (Wildman–Crippen MR) is 84.9 cm³/mol. The molecule has 1 atom stereocenters. The maximum atomic E-state index is 11.7. The molecular weight excluding hydrogens is 310 g/mol. The second kappa shape index (κ2) is 6.06. The van der Waals surface area contributed by atoms with Crippen LogP contribution in [-0.4, -0.2) is 40.6 Å². The molecule has 0 saturated heterocycles. The fourth-order valence-corrected chi connectivity index (χ4v) is 2.63. The van der Waals surface area contributed by atoms with E-state index in [1.165, 1.54) is 6.26 Å². The van der Waals surface area contributed by atoms with Crippen molar-refractivity contribution in [3.05, 3.63) is 29.8 Å². The summed E-state index contributed by atoms with van der Waals surface area (Å²) in [5, 5.41) is 3.18. The smallest absolute Gasteiger partial charge is 0.175 e. The summed E-state index contributed by atoms with van der Waals surface area (Å²) in [4.78, 5) is 0.273. The molecule has 7 heteroatoms. The van der Waals surface area contributed by atoms with E-state index >= 15 is 0 Å². The summed E-state index contributed by atoms with van der Waals surface area (Å²) in [6.07, 6.45) is 2.39. The molecule has 21 heavy (non-hydrogen) atoms. The average Bonchev–Trinajstić information content (AvgIpc) is 2.34. The predicted octanol–water partition coefficient (Wildman–Crippen LogP) is 1.56. The minimum atomic E-state index is -3.20. The van der Waals surface area contributed by atoms with Gasteiger partial charge < -0.3 is 5.32 Å². The van der Waals surface area contributed by atoms with Crippen LogP contribution in [0.4, 0.5) is 0 Å². The molecule has 1 N–H and O–H groups in total.